The number of pyridine rings is 1. The van der Waals surface area contributed by atoms with Crippen molar-refractivity contribution in [3.8, 4) is 0 Å². The van der Waals surface area contributed by atoms with E-state index in [2.05, 4.69) is 20.9 Å². The lowest BCUT2D eigenvalue weighted by Crippen LogP contribution is -2.39. The molecule has 1 aromatic carbocycles. The van der Waals surface area contributed by atoms with Crippen molar-refractivity contribution in [3.63, 3.8) is 0 Å². The molecule has 0 atom stereocenters. The number of aromatic nitrogens is 1. The summed E-state index contributed by atoms with van der Waals surface area (Å²) in [6.45, 7) is 6.14. The van der Waals surface area contributed by atoms with Crippen molar-refractivity contribution in [2.24, 2.45) is 0 Å². The van der Waals surface area contributed by atoms with Crippen LogP contribution in [0.4, 0.5) is 10.6 Å². The van der Waals surface area contributed by atoms with Crippen LogP contribution in [0.3, 0.4) is 0 Å². The van der Waals surface area contributed by atoms with E-state index in [0.717, 1.165) is 11.1 Å². The van der Waals surface area contributed by atoms with Crippen LogP contribution in [0.2, 0.25) is 0 Å². The Morgan fingerprint density at radius 2 is 1.83 bits per heavy atom. The van der Waals surface area contributed by atoms with Gasteiger partial charge in [0.2, 0.25) is 0 Å². The van der Waals surface area contributed by atoms with Gasteiger partial charge in [0.15, 0.2) is 0 Å². The molecule has 0 unspecified atom stereocenters. The van der Waals surface area contributed by atoms with Crippen molar-refractivity contribution in [2.75, 3.05) is 5.32 Å². The zero-order valence-corrected chi connectivity index (χ0v) is 14.1. The Kier molecular flexibility index (Phi) is 5.89. The van der Waals surface area contributed by atoms with Crippen LogP contribution in [0.25, 0.3) is 0 Å². The molecule has 0 bridgehead atoms. The van der Waals surface area contributed by atoms with Gasteiger partial charge in [0.05, 0.1) is 0 Å². The third kappa shape index (κ3) is 5.39. The molecule has 0 spiro atoms. The van der Waals surface area contributed by atoms with Crippen LogP contribution in [-0.2, 0) is 6.54 Å². The molecule has 1 heterocycles. The van der Waals surface area contributed by atoms with Crippen LogP contribution in [0.1, 0.15) is 35.3 Å². The fraction of sp³-hybridized carbons (Fsp3) is 0.278. The standard InChI is InChI=1S/C18H22N4O2/c1-12(2)21-18(24)20-11-14-4-6-15(7-5-14)17(23)22-16-10-13(3)8-9-19-16/h4-10,12H,11H2,1-3H3,(H,19,22,23)(H2,20,21,24). The van der Waals surface area contributed by atoms with Gasteiger partial charge in [-0.15, -0.1) is 0 Å². The third-order valence-electron chi connectivity index (χ3n) is 3.25. The number of rotatable bonds is 5. The summed E-state index contributed by atoms with van der Waals surface area (Å²) in [4.78, 5) is 27.8. The summed E-state index contributed by atoms with van der Waals surface area (Å²) in [5.74, 6) is 0.307. The average molecular weight is 326 g/mol. The highest BCUT2D eigenvalue weighted by Crippen LogP contribution is 2.09. The van der Waals surface area contributed by atoms with E-state index in [4.69, 9.17) is 0 Å². The van der Waals surface area contributed by atoms with E-state index in [1.54, 1.807) is 18.3 Å². The first-order valence-corrected chi connectivity index (χ1v) is 7.81. The minimum atomic E-state index is -0.217. The number of carbonyl (C=O) groups excluding carboxylic acids is 2. The predicted molar refractivity (Wildman–Crippen MR) is 93.9 cm³/mol. The maximum absolute atomic E-state index is 12.2. The number of carbonyl (C=O) groups is 2. The predicted octanol–water partition coefficient (Wildman–Crippen LogP) is 2.85. The first-order chi connectivity index (χ1) is 11.4. The van der Waals surface area contributed by atoms with E-state index in [-0.39, 0.29) is 18.0 Å². The molecule has 0 fully saturated rings. The smallest absolute Gasteiger partial charge is 0.315 e. The second-order valence-electron chi connectivity index (χ2n) is 5.85. The fourth-order valence-electron chi connectivity index (χ4n) is 2.06. The molecule has 3 amide bonds. The molecule has 1 aromatic heterocycles. The second kappa shape index (κ2) is 8.10. The lowest BCUT2D eigenvalue weighted by molar-refractivity contribution is 0.102. The molecule has 126 valence electrons. The molecule has 0 aliphatic heterocycles. The highest BCUT2D eigenvalue weighted by atomic mass is 16.2. The summed E-state index contributed by atoms with van der Waals surface area (Å²) in [6.07, 6.45) is 1.65. The Labute approximate surface area is 141 Å². The van der Waals surface area contributed by atoms with Crippen molar-refractivity contribution in [1.82, 2.24) is 15.6 Å². The number of amides is 3. The normalized spacial score (nSPS) is 10.3. The van der Waals surface area contributed by atoms with Gasteiger partial charge < -0.3 is 16.0 Å². The largest absolute Gasteiger partial charge is 0.336 e. The molecule has 2 aromatic rings. The van der Waals surface area contributed by atoms with Gasteiger partial charge in [-0.25, -0.2) is 9.78 Å². The lowest BCUT2D eigenvalue weighted by atomic mass is 10.1. The Balaban J connectivity index is 1.91. The van der Waals surface area contributed by atoms with Crippen molar-refractivity contribution in [2.45, 2.75) is 33.4 Å². The number of hydrogen-bond acceptors (Lipinski definition) is 3. The molecular weight excluding hydrogens is 304 g/mol. The van der Waals surface area contributed by atoms with E-state index < -0.39 is 0 Å². The van der Waals surface area contributed by atoms with Crippen molar-refractivity contribution in [1.29, 1.82) is 0 Å². The van der Waals surface area contributed by atoms with E-state index in [1.807, 2.05) is 45.0 Å². The number of urea groups is 1. The van der Waals surface area contributed by atoms with Crippen LogP contribution in [-0.4, -0.2) is 23.0 Å². The number of hydrogen-bond donors (Lipinski definition) is 3. The van der Waals surface area contributed by atoms with Gasteiger partial charge in [-0.1, -0.05) is 12.1 Å². The number of anilines is 1. The summed E-state index contributed by atoms with van der Waals surface area (Å²) in [6, 6.07) is 10.6. The second-order valence-corrected chi connectivity index (χ2v) is 5.85. The number of benzene rings is 1. The molecule has 0 radical (unpaired) electrons. The van der Waals surface area contributed by atoms with Gasteiger partial charge in [-0.2, -0.15) is 0 Å². The lowest BCUT2D eigenvalue weighted by Gasteiger charge is -2.10. The number of nitrogens with zero attached hydrogens (tertiary/aromatic N) is 1. The number of nitrogens with one attached hydrogen (secondary N) is 3. The van der Waals surface area contributed by atoms with Crippen LogP contribution in [0.15, 0.2) is 42.6 Å². The molecule has 0 saturated carbocycles. The Bertz CT molecular complexity index is 711. The summed E-state index contributed by atoms with van der Waals surface area (Å²) in [7, 11) is 0. The Morgan fingerprint density at radius 3 is 2.46 bits per heavy atom. The number of aryl methyl sites for hydroxylation is 1. The molecule has 0 aliphatic carbocycles. The molecule has 0 aliphatic rings. The zero-order valence-electron chi connectivity index (χ0n) is 14.1. The maximum Gasteiger partial charge on any atom is 0.315 e. The van der Waals surface area contributed by atoms with Crippen LogP contribution in [0.5, 0.6) is 0 Å². The average Bonchev–Trinajstić information content (AvgIpc) is 2.53. The van der Waals surface area contributed by atoms with Gasteiger partial charge in [0, 0.05) is 24.3 Å². The first-order valence-electron chi connectivity index (χ1n) is 7.81. The van der Waals surface area contributed by atoms with Gasteiger partial charge in [0.1, 0.15) is 5.82 Å². The molecule has 2 rings (SSSR count). The monoisotopic (exact) mass is 326 g/mol. The van der Waals surface area contributed by atoms with Crippen LogP contribution >= 0.6 is 0 Å². The van der Waals surface area contributed by atoms with Crippen molar-refractivity contribution >= 4 is 17.8 Å². The minimum absolute atomic E-state index is 0.0892. The van der Waals surface area contributed by atoms with E-state index in [1.165, 1.54) is 0 Å². The zero-order chi connectivity index (χ0) is 17.5. The first kappa shape index (κ1) is 17.5. The summed E-state index contributed by atoms with van der Waals surface area (Å²) < 4.78 is 0. The van der Waals surface area contributed by atoms with Crippen LogP contribution < -0.4 is 16.0 Å². The Morgan fingerprint density at radius 1 is 1.12 bits per heavy atom. The van der Waals surface area contributed by atoms with Crippen LogP contribution in [0, 0.1) is 6.92 Å². The van der Waals surface area contributed by atoms with E-state index >= 15 is 0 Å². The van der Waals surface area contributed by atoms with Gasteiger partial charge >= 0.3 is 6.03 Å². The minimum Gasteiger partial charge on any atom is -0.336 e. The summed E-state index contributed by atoms with van der Waals surface area (Å²) in [5.41, 5.74) is 2.48. The molecule has 6 heteroatoms. The highest BCUT2D eigenvalue weighted by Gasteiger charge is 2.07. The van der Waals surface area contributed by atoms with E-state index in [0.29, 0.717) is 17.9 Å². The molecule has 3 N–H and O–H groups in total. The van der Waals surface area contributed by atoms with Gasteiger partial charge in [0.25, 0.3) is 5.91 Å². The quantitative estimate of drug-likeness (QED) is 0.790. The van der Waals surface area contributed by atoms with Gasteiger partial charge in [-0.05, 0) is 56.2 Å². The van der Waals surface area contributed by atoms with E-state index in [9.17, 15) is 9.59 Å². The molecule has 24 heavy (non-hydrogen) atoms. The van der Waals surface area contributed by atoms with Gasteiger partial charge in [-0.3, -0.25) is 4.79 Å². The van der Waals surface area contributed by atoms with Crippen molar-refractivity contribution in [3.05, 3.63) is 59.3 Å². The Hall–Kier alpha value is -2.89. The van der Waals surface area contributed by atoms with Crippen molar-refractivity contribution < 1.29 is 9.59 Å². The third-order valence-corrected chi connectivity index (χ3v) is 3.25. The molecular formula is C18H22N4O2. The summed E-state index contributed by atoms with van der Waals surface area (Å²) >= 11 is 0. The summed E-state index contributed by atoms with van der Waals surface area (Å²) in [5, 5.41) is 8.28. The fourth-order valence-corrected chi connectivity index (χ4v) is 2.06. The highest BCUT2D eigenvalue weighted by molar-refractivity contribution is 6.03. The SMILES string of the molecule is Cc1ccnc(NC(=O)c2ccc(CNC(=O)NC(C)C)cc2)c1. The molecule has 6 nitrogen and oxygen atoms in total. The maximum atomic E-state index is 12.2. The molecule has 0 saturated heterocycles. The topological polar surface area (TPSA) is 83.1 Å².